The van der Waals surface area contributed by atoms with Crippen molar-refractivity contribution < 1.29 is 0 Å². The molecule has 1 aromatic heterocycles. The van der Waals surface area contributed by atoms with E-state index in [4.69, 9.17) is 5.73 Å². The van der Waals surface area contributed by atoms with E-state index >= 15 is 0 Å². The summed E-state index contributed by atoms with van der Waals surface area (Å²) in [4.78, 5) is 8.26. The maximum atomic E-state index is 5.86. The molecule has 3 nitrogen and oxygen atoms in total. The highest BCUT2D eigenvalue weighted by molar-refractivity contribution is 7.11. The van der Waals surface area contributed by atoms with Gasteiger partial charge in [-0.1, -0.05) is 0 Å². The highest BCUT2D eigenvalue weighted by atomic mass is 32.1. The lowest BCUT2D eigenvalue weighted by Crippen LogP contribution is -2.26. The molecular formula is C10H17N3S. The summed E-state index contributed by atoms with van der Waals surface area (Å²) in [5.74, 6) is 0. The summed E-state index contributed by atoms with van der Waals surface area (Å²) in [6, 6.07) is 0.372. The fourth-order valence-electron chi connectivity index (χ4n) is 1.80. The van der Waals surface area contributed by atoms with Gasteiger partial charge >= 0.3 is 0 Å². The van der Waals surface area contributed by atoms with Gasteiger partial charge in [-0.3, -0.25) is 4.90 Å². The number of nitrogens with zero attached hydrogens (tertiary/aromatic N) is 2. The number of hydrogen-bond acceptors (Lipinski definition) is 4. The standard InChI is InChI=1S/C10H17N3S/c1-7-8(2)14-10(12-7)6-13-4-3-9(11)5-13/h9H,3-6,11H2,1-2H3. The second-order valence-electron chi connectivity index (χ2n) is 4.03. The number of aryl methyl sites for hydroxylation is 2. The number of thiazole rings is 1. The third-order valence-corrected chi connectivity index (χ3v) is 3.80. The Bertz CT molecular complexity index is 302. The SMILES string of the molecule is Cc1nc(CN2CCC(N)C2)sc1C. The zero-order valence-corrected chi connectivity index (χ0v) is 9.60. The molecule has 1 atom stereocenters. The Balaban J connectivity index is 1.97. The van der Waals surface area contributed by atoms with E-state index in [9.17, 15) is 0 Å². The van der Waals surface area contributed by atoms with Crippen molar-refractivity contribution in [2.75, 3.05) is 13.1 Å². The van der Waals surface area contributed by atoms with Gasteiger partial charge in [-0.25, -0.2) is 4.98 Å². The highest BCUT2D eigenvalue weighted by Gasteiger charge is 2.20. The molecule has 0 spiro atoms. The predicted molar refractivity (Wildman–Crippen MR) is 59.5 cm³/mol. The first-order chi connectivity index (χ1) is 6.65. The summed E-state index contributed by atoms with van der Waals surface area (Å²) in [5.41, 5.74) is 7.03. The zero-order valence-electron chi connectivity index (χ0n) is 8.79. The number of likely N-dealkylation sites (tertiary alicyclic amines) is 1. The molecule has 0 aliphatic carbocycles. The Labute approximate surface area is 88.9 Å². The Morgan fingerprint density at radius 2 is 2.36 bits per heavy atom. The lowest BCUT2D eigenvalue weighted by Gasteiger charge is -2.12. The van der Waals surface area contributed by atoms with Crippen LogP contribution in [0, 0.1) is 13.8 Å². The summed E-state index contributed by atoms with van der Waals surface area (Å²) in [6.07, 6.45) is 1.13. The molecule has 0 amide bonds. The van der Waals surface area contributed by atoms with Crippen LogP contribution in [0.5, 0.6) is 0 Å². The first-order valence-corrected chi connectivity index (χ1v) is 5.87. The van der Waals surface area contributed by atoms with Gasteiger partial charge in [0.15, 0.2) is 0 Å². The molecule has 2 rings (SSSR count). The molecule has 4 heteroatoms. The summed E-state index contributed by atoms with van der Waals surface area (Å²) < 4.78 is 0. The minimum absolute atomic E-state index is 0.372. The average molecular weight is 211 g/mol. The Hall–Kier alpha value is -0.450. The number of aromatic nitrogens is 1. The van der Waals surface area contributed by atoms with Gasteiger partial charge in [-0.05, 0) is 20.3 Å². The van der Waals surface area contributed by atoms with Gasteiger partial charge < -0.3 is 5.73 Å². The van der Waals surface area contributed by atoms with Crippen LogP contribution in [0.3, 0.4) is 0 Å². The van der Waals surface area contributed by atoms with E-state index < -0.39 is 0 Å². The van der Waals surface area contributed by atoms with E-state index in [1.165, 1.54) is 15.6 Å². The smallest absolute Gasteiger partial charge is 0.107 e. The summed E-state index contributed by atoms with van der Waals surface area (Å²) in [7, 11) is 0. The molecule has 1 fully saturated rings. The monoisotopic (exact) mass is 211 g/mol. The molecule has 1 aliphatic rings. The molecule has 14 heavy (non-hydrogen) atoms. The molecule has 1 aromatic rings. The van der Waals surface area contributed by atoms with E-state index in [0.717, 1.165) is 26.1 Å². The fraction of sp³-hybridized carbons (Fsp3) is 0.700. The zero-order chi connectivity index (χ0) is 10.1. The molecule has 1 saturated heterocycles. The van der Waals surface area contributed by atoms with E-state index in [0.29, 0.717) is 6.04 Å². The molecular weight excluding hydrogens is 194 g/mol. The molecule has 0 saturated carbocycles. The maximum Gasteiger partial charge on any atom is 0.107 e. The van der Waals surface area contributed by atoms with Crippen molar-refractivity contribution in [1.82, 2.24) is 9.88 Å². The van der Waals surface area contributed by atoms with Gasteiger partial charge in [0, 0.05) is 24.0 Å². The van der Waals surface area contributed by atoms with Gasteiger partial charge in [-0.2, -0.15) is 0 Å². The van der Waals surface area contributed by atoms with Gasteiger partial charge in [0.05, 0.1) is 12.2 Å². The van der Waals surface area contributed by atoms with Crippen molar-refractivity contribution >= 4 is 11.3 Å². The van der Waals surface area contributed by atoms with E-state index in [1.807, 2.05) is 11.3 Å². The van der Waals surface area contributed by atoms with Crippen LogP contribution >= 0.6 is 11.3 Å². The van der Waals surface area contributed by atoms with Crippen molar-refractivity contribution in [2.45, 2.75) is 32.9 Å². The molecule has 2 N–H and O–H groups in total. The fourth-order valence-corrected chi connectivity index (χ4v) is 2.78. The molecule has 0 radical (unpaired) electrons. The third-order valence-electron chi connectivity index (χ3n) is 2.74. The van der Waals surface area contributed by atoms with Gasteiger partial charge in [0.2, 0.25) is 0 Å². The number of hydrogen-bond donors (Lipinski definition) is 1. The molecule has 78 valence electrons. The van der Waals surface area contributed by atoms with Crippen LogP contribution in [0.15, 0.2) is 0 Å². The lowest BCUT2D eigenvalue weighted by molar-refractivity contribution is 0.326. The van der Waals surface area contributed by atoms with E-state index in [1.54, 1.807) is 0 Å². The van der Waals surface area contributed by atoms with Crippen molar-refractivity contribution in [1.29, 1.82) is 0 Å². The van der Waals surface area contributed by atoms with Gasteiger partial charge in [0.1, 0.15) is 5.01 Å². The minimum atomic E-state index is 0.372. The van der Waals surface area contributed by atoms with Crippen molar-refractivity contribution in [3.05, 3.63) is 15.6 Å². The Kier molecular flexibility index (Phi) is 2.85. The molecule has 1 aliphatic heterocycles. The molecule has 0 aromatic carbocycles. The molecule has 2 heterocycles. The second kappa shape index (κ2) is 3.96. The molecule has 1 unspecified atom stereocenters. The largest absolute Gasteiger partial charge is 0.326 e. The van der Waals surface area contributed by atoms with Crippen LogP contribution in [0.25, 0.3) is 0 Å². The number of rotatable bonds is 2. The topological polar surface area (TPSA) is 42.2 Å². The third kappa shape index (κ3) is 2.13. The first-order valence-electron chi connectivity index (χ1n) is 5.06. The van der Waals surface area contributed by atoms with Crippen LogP contribution < -0.4 is 5.73 Å². The van der Waals surface area contributed by atoms with Crippen molar-refractivity contribution in [3.8, 4) is 0 Å². The Morgan fingerprint density at radius 1 is 1.57 bits per heavy atom. The number of nitrogens with two attached hydrogens (primary N) is 1. The molecule has 0 bridgehead atoms. The van der Waals surface area contributed by atoms with Crippen LogP contribution in [-0.2, 0) is 6.54 Å². The quantitative estimate of drug-likeness (QED) is 0.801. The van der Waals surface area contributed by atoms with Crippen LogP contribution in [0.4, 0.5) is 0 Å². The average Bonchev–Trinajstić information content (AvgIpc) is 2.62. The highest BCUT2D eigenvalue weighted by Crippen LogP contribution is 2.19. The van der Waals surface area contributed by atoms with E-state index in [-0.39, 0.29) is 0 Å². The summed E-state index contributed by atoms with van der Waals surface area (Å²) in [5, 5.41) is 1.23. The normalized spacial score (nSPS) is 23.2. The first kappa shape index (κ1) is 10.1. The summed E-state index contributed by atoms with van der Waals surface area (Å²) in [6.45, 7) is 7.33. The van der Waals surface area contributed by atoms with Gasteiger partial charge in [-0.15, -0.1) is 11.3 Å². The summed E-state index contributed by atoms with van der Waals surface area (Å²) >= 11 is 1.81. The predicted octanol–water partition coefficient (Wildman–Crippen LogP) is 1.29. The van der Waals surface area contributed by atoms with E-state index in [2.05, 4.69) is 23.7 Å². The minimum Gasteiger partial charge on any atom is -0.326 e. The lowest BCUT2D eigenvalue weighted by atomic mass is 10.3. The van der Waals surface area contributed by atoms with Crippen LogP contribution in [0.1, 0.15) is 22.0 Å². The maximum absolute atomic E-state index is 5.86. The van der Waals surface area contributed by atoms with Crippen molar-refractivity contribution in [2.24, 2.45) is 5.73 Å². The Morgan fingerprint density at radius 3 is 2.86 bits per heavy atom. The second-order valence-corrected chi connectivity index (χ2v) is 5.32. The van der Waals surface area contributed by atoms with Crippen LogP contribution in [0.2, 0.25) is 0 Å². The van der Waals surface area contributed by atoms with Crippen LogP contribution in [-0.4, -0.2) is 29.0 Å². The van der Waals surface area contributed by atoms with Gasteiger partial charge in [0.25, 0.3) is 0 Å². The van der Waals surface area contributed by atoms with Crippen molar-refractivity contribution in [3.63, 3.8) is 0 Å².